The molecule has 10 nitrogen and oxygen atoms in total. The van der Waals surface area contributed by atoms with Crippen molar-refractivity contribution in [3.05, 3.63) is 23.8 Å². The molecular weight excluding hydrogens is 396 g/mol. The Bertz CT molecular complexity index is 760. The number of nitrogens with one attached hydrogen (secondary N) is 2. The summed E-state index contributed by atoms with van der Waals surface area (Å²) in [6.45, 7) is 6.58. The number of carbonyl (C=O) groups excluding carboxylic acids is 2. The van der Waals surface area contributed by atoms with Crippen molar-refractivity contribution in [1.82, 2.24) is 10.9 Å². The van der Waals surface area contributed by atoms with Gasteiger partial charge in [-0.25, -0.2) is 15.0 Å². The Morgan fingerprint density at radius 3 is 2.27 bits per heavy atom. The first-order chi connectivity index (χ1) is 13.8. The molecule has 0 aromatic heterocycles. The molecule has 30 heavy (non-hydrogen) atoms. The highest BCUT2D eigenvalue weighted by atomic mass is 16.6. The van der Waals surface area contributed by atoms with Gasteiger partial charge in [-0.1, -0.05) is 6.07 Å². The number of unbranched alkanes of at least 4 members (excludes halogenated alkanes) is 1. The molecule has 0 aliphatic rings. The molecule has 0 spiro atoms. The van der Waals surface area contributed by atoms with Crippen molar-refractivity contribution in [2.75, 3.05) is 6.61 Å². The van der Waals surface area contributed by atoms with Crippen LogP contribution in [0.4, 0.5) is 4.79 Å². The van der Waals surface area contributed by atoms with Crippen molar-refractivity contribution < 1.29 is 39.2 Å². The summed E-state index contributed by atoms with van der Waals surface area (Å²) >= 11 is 0. The average molecular weight is 426 g/mol. The van der Waals surface area contributed by atoms with Gasteiger partial charge in [0.05, 0.1) is 6.61 Å². The highest BCUT2D eigenvalue weighted by Crippen LogP contribution is 2.27. The Morgan fingerprint density at radius 1 is 1.03 bits per heavy atom. The number of amides is 1. The van der Waals surface area contributed by atoms with Gasteiger partial charge in [0, 0.05) is 12.8 Å². The molecule has 5 N–H and O–H groups in total. The normalized spacial score (nSPS) is 13.2. The summed E-state index contributed by atoms with van der Waals surface area (Å²) in [6, 6.07) is 4.09. The fourth-order valence-corrected chi connectivity index (χ4v) is 2.45. The number of hydrogen-bond donors (Lipinski definition) is 5. The summed E-state index contributed by atoms with van der Waals surface area (Å²) in [4.78, 5) is 35.2. The van der Waals surface area contributed by atoms with Gasteiger partial charge >= 0.3 is 18.0 Å². The molecule has 1 amide bonds. The lowest BCUT2D eigenvalue weighted by molar-refractivity contribution is -0.151. The summed E-state index contributed by atoms with van der Waals surface area (Å²) < 4.78 is 10.4. The standard InChI is InChI=1S/C20H30N2O8/c1-19(2,3)30-18(28)21-22-20(4,12-13-8-9-14(23)15(24)11-13)17(27)29-10-6-5-7-16(25)26/h8-9,11,22-24H,5-7,10,12H2,1-4H3,(H,21,28)(H,25,26). The number of hydrazine groups is 1. The van der Waals surface area contributed by atoms with E-state index in [0.717, 1.165) is 0 Å². The second kappa shape index (κ2) is 10.7. The first-order valence-electron chi connectivity index (χ1n) is 9.48. The summed E-state index contributed by atoms with van der Waals surface area (Å²) in [5.41, 5.74) is 3.26. The third-order valence-electron chi connectivity index (χ3n) is 3.91. The van der Waals surface area contributed by atoms with E-state index in [1.807, 2.05) is 0 Å². The maximum atomic E-state index is 12.7. The van der Waals surface area contributed by atoms with E-state index >= 15 is 0 Å². The molecule has 10 heteroatoms. The summed E-state index contributed by atoms with van der Waals surface area (Å²) in [7, 11) is 0. The van der Waals surface area contributed by atoms with Crippen LogP contribution in [0.1, 0.15) is 52.5 Å². The van der Waals surface area contributed by atoms with Gasteiger partial charge in [-0.05, 0) is 58.2 Å². The maximum absolute atomic E-state index is 12.7. The third-order valence-corrected chi connectivity index (χ3v) is 3.91. The monoisotopic (exact) mass is 426 g/mol. The van der Waals surface area contributed by atoms with Gasteiger partial charge in [-0.3, -0.25) is 10.2 Å². The lowest BCUT2D eigenvalue weighted by Crippen LogP contribution is -2.59. The fourth-order valence-electron chi connectivity index (χ4n) is 2.45. The van der Waals surface area contributed by atoms with Crippen LogP contribution in [0.5, 0.6) is 11.5 Å². The Hall–Kier alpha value is -3.01. The van der Waals surface area contributed by atoms with E-state index in [9.17, 15) is 24.6 Å². The van der Waals surface area contributed by atoms with E-state index in [1.54, 1.807) is 20.8 Å². The van der Waals surface area contributed by atoms with Gasteiger partial charge in [0.15, 0.2) is 11.5 Å². The first-order valence-corrected chi connectivity index (χ1v) is 9.48. The van der Waals surface area contributed by atoms with Crippen molar-refractivity contribution in [2.45, 2.75) is 64.5 Å². The van der Waals surface area contributed by atoms with Crippen molar-refractivity contribution in [1.29, 1.82) is 0 Å². The van der Waals surface area contributed by atoms with E-state index in [2.05, 4.69) is 10.9 Å². The number of ether oxygens (including phenoxy) is 2. The van der Waals surface area contributed by atoms with E-state index in [0.29, 0.717) is 18.4 Å². The number of phenols is 2. The molecule has 1 atom stereocenters. The molecule has 0 saturated carbocycles. The minimum absolute atomic E-state index is 0.00456. The van der Waals surface area contributed by atoms with Gasteiger partial charge in [0.25, 0.3) is 0 Å². The van der Waals surface area contributed by atoms with Crippen LogP contribution in [-0.2, 0) is 25.5 Å². The van der Waals surface area contributed by atoms with Crippen LogP contribution >= 0.6 is 0 Å². The van der Waals surface area contributed by atoms with E-state index in [-0.39, 0.29) is 30.9 Å². The fraction of sp³-hybridized carbons (Fsp3) is 0.550. The molecule has 0 aliphatic carbocycles. The lowest BCUT2D eigenvalue weighted by atomic mass is 9.93. The number of carboxylic acid groups (broad SMARTS) is 1. The number of aliphatic carboxylic acids is 1. The van der Waals surface area contributed by atoms with Crippen LogP contribution in [0.15, 0.2) is 18.2 Å². The zero-order chi connectivity index (χ0) is 22.9. The zero-order valence-electron chi connectivity index (χ0n) is 17.7. The average Bonchev–Trinajstić information content (AvgIpc) is 2.61. The van der Waals surface area contributed by atoms with Crippen molar-refractivity contribution >= 4 is 18.0 Å². The molecule has 0 bridgehead atoms. The molecule has 0 heterocycles. The minimum Gasteiger partial charge on any atom is -0.504 e. The number of aromatic hydroxyl groups is 2. The summed E-state index contributed by atoms with van der Waals surface area (Å²) in [5.74, 6) is -2.28. The molecule has 1 aromatic carbocycles. The SMILES string of the molecule is CC(C)(C)OC(=O)NNC(C)(Cc1ccc(O)c(O)c1)C(=O)OCCCCC(=O)O. The summed E-state index contributed by atoms with van der Waals surface area (Å²) in [6.07, 6.45) is -0.0935. The van der Waals surface area contributed by atoms with Crippen molar-refractivity contribution in [3.8, 4) is 11.5 Å². The molecule has 0 radical (unpaired) electrons. The van der Waals surface area contributed by atoms with Crippen LogP contribution < -0.4 is 10.9 Å². The van der Waals surface area contributed by atoms with Crippen LogP contribution in [-0.4, -0.2) is 51.1 Å². The Balaban J connectivity index is 2.85. The lowest BCUT2D eigenvalue weighted by Gasteiger charge is -2.30. The van der Waals surface area contributed by atoms with Crippen LogP contribution in [0, 0.1) is 0 Å². The first kappa shape index (κ1) is 25.0. The Kier molecular flexibility index (Phi) is 8.91. The number of carbonyl (C=O) groups is 3. The number of benzene rings is 1. The Morgan fingerprint density at radius 2 is 1.70 bits per heavy atom. The summed E-state index contributed by atoms with van der Waals surface area (Å²) in [5, 5.41) is 27.8. The van der Waals surface area contributed by atoms with Crippen molar-refractivity contribution in [3.63, 3.8) is 0 Å². The topological polar surface area (TPSA) is 154 Å². The molecule has 1 unspecified atom stereocenters. The number of esters is 1. The number of phenolic OH excluding ortho intramolecular Hbond substituents is 2. The van der Waals surface area contributed by atoms with Gasteiger partial charge in [-0.2, -0.15) is 0 Å². The van der Waals surface area contributed by atoms with Crippen LogP contribution in [0.25, 0.3) is 0 Å². The van der Waals surface area contributed by atoms with E-state index < -0.39 is 29.2 Å². The predicted octanol–water partition coefficient (Wildman–Crippen LogP) is 2.23. The Labute approximate surface area is 175 Å². The molecule has 1 aromatic rings. The molecule has 0 fully saturated rings. The van der Waals surface area contributed by atoms with E-state index in [4.69, 9.17) is 14.6 Å². The van der Waals surface area contributed by atoms with Gasteiger partial charge in [0.2, 0.25) is 0 Å². The predicted molar refractivity (Wildman–Crippen MR) is 107 cm³/mol. The number of carboxylic acids is 1. The van der Waals surface area contributed by atoms with Crippen LogP contribution in [0.3, 0.4) is 0 Å². The highest BCUT2D eigenvalue weighted by Gasteiger charge is 2.36. The second-order valence-electron chi connectivity index (χ2n) is 8.07. The largest absolute Gasteiger partial charge is 0.504 e. The van der Waals surface area contributed by atoms with Crippen LogP contribution in [0.2, 0.25) is 0 Å². The molecule has 168 valence electrons. The molecular formula is C20H30N2O8. The second-order valence-corrected chi connectivity index (χ2v) is 8.07. The maximum Gasteiger partial charge on any atom is 0.422 e. The van der Waals surface area contributed by atoms with Gasteiger partial charge < -0.3 is 24.8 Å². The molecule has 1 rings (SSSR count). The van der Waals surface area contributed by atoms with E-state index in [1.165, 1.54) is 25.1 Å². The minimum atomic E-state index is -1.44. The third kappa shape index (κ3) is 8.99. The number of rotatable bonds is 10. The van der Waals surface area contributed by atoms with Gasteiger partial charge in [0.1, 0.15) is 11.1 Å². The van der Waals surface area contributed by atoms with Crippen molar-refractivity contribution in [2.24, 2.45) is 0 Å². The smallest absolute Gasteiger partial charge is 0.422 e. The quantitative estimate of drug-likeness (QED) is 0.164. The zero-order valence-corrected chi connectivity index (χ0v) is 17.7. The molecule has 0 saturated heterocycles. The van der Waals surface area contributed by atoms with Gasteiger partial charge in [-0.15, -0.1) is 0 Å². The number of hydrogen-bond acceptors (Lipinski definition) is 8. The highest BCUT2D eigenvalue weighted by molar-refractivity contribution is 5.81. The molecule has 0 aliphatic heterocycles.